The van der Waals surface area contributed by atoms with Gasteiger partial charge in [0.05, 0.1) is 19.1 Å². The van der Waals surface area contributed by atoms with Crippen molar-refractivity contribution in [2.24, 2.45) is 11.5 Å². The van der Waals surface area contributed by atoms with Crippen molar-refractivity contribution in [3.8, 4) is 0 Å². The van der Waals surface area contributed by atoms with Gasteiger partial charge in [0, 0.05) is 6.54 Å². The van der Waals surface area contributed by atoms with Crippen LogP contribution in [0.4, 0.5) is 0 Å². The summed E-state index contributed by atoms with van der Waals surface area (Å²) in [5.74, 6) is -3.73. The number of hydrogen-bond acceptors (Lipinski definition) is 8. The summed E-state index contributed by atoms with van der Waals surface area (Å²) in [7, 11) is 0. The maximum Gasteiger partial charge on any atom is 0.328 e. The van der Waals surface area contributed by atoms with E-state index in [1.807, 2.05) is 11.6 Å². The van der Waals surface area contributed by atoms with Crippen LogP contribution in [-0.4, -0.2) is 94.0 Å². The van der Waals surface area contributed by atoms with Gasteiger partial charge >= 0.3 is 5.97 Å². The van der Waals surface area contributed by atoms with E-state index in [2.05, 4.69) is 5.32 Å². The molecule has 0 aromatic carbocycles. The maximum atomic E-state index is 12.7. The largest absolute Gasteiger partial charge is 0.480 e. The SMILES string of the molecule is CSCCC(N)C(=O)N1CCCC1C(=O)NC(CC(N)=O)C(=O)NC(CO)C(=O)O. The van der Waals surface area contributed by atoms with Gasteiger partial charge in [-0.05, 0) is 31.3 Å². The summed E-state index contributed by atoms with van der Waals surface area (Å²) >= 11 is 1.55. The summed E-state index contributed by atoms with van der Waals surface area (Å²) in [5.41, 5.74) is 11.0. The number of amides is 4. The molecule has 8 N–H and O–H groups in total. The second-order valence-electron chi connectivity index (χ2n) is 6.89. The average molecular weight is 448 g/mol. The zero-order valence-electron chi connectivity index (χ0n) is 16.7. The number of rotatable bonds is 12. The van der Waals surface area contributed by atoms with Gasteiger partial charge < -0.3 is 37.2 Å². The lowest BCUT2D eigenvalue weighted by molar-refractivity contribution is -0.144. The molecule has 4 amide bonds. The quantitative estimate of drug-likeness (QED) is 0.180. The summed E-state index contributed by atoms with van der Waals surface area (Å²) in [6.07, 6.45) is 2.68. The second-order valence-corrected chi connectivity index (χ2v) is 7.88. The van der Waals surface area contributed by atoms with Gasteiger partial charge in [-0.25, -0.2) is 4.79 Å². The van der Waals surface area contributed by atoms with E-state index in [1.165, 1.54) is 4.90 Å². The predicted molar refractivity (Wildman–Crippen MR) is 108 cm³/mol. The number of aliphatic hydroxyl groups is 1. The first-order valence-electron chi connectivity index (χ1n) is 9.40. The molecule has 13 heteroatoms. The molecule has 0 spiro atoms. The summed E-state index contributed by atoms with van der Waals surface area (Å²) in [4.78, 5) is 61.3. The molecule has 4 unspecified atom stereocenters. The van der Waals surface area contributed by atoms with E-state index >= 15 is 0 Å². The molecule has 0 aliphatic carbocycles. The molecular weight excluding hydrogens is 418 g/mol. The molecule has 12 nitrogen and oxygen atoms in total. The number of hydrogen-bond donors (Lipinski definition) is 6. The van der Waals surface area contributed by atoms with Crippen LogP contribution in [0.3, 0.4) is 0 Å². The van der Waals surface area contributed by atoms with E-state index in [4.69, 9.17) is 21.7 Å². The summed E-state index contributed by atoms with van der Waals surface area (Å²) in [5, 5.41) is 22.4. The van der Waals surface area contributed by atoms with Crippen LogP contribution in [0.1, 0.15) is 25.7 Å². The molecule has 1 aliphatic heterocycles. The Bertz CT molecular complexity index is 662. The van der Waals surface area contributed by atoms with Crippen molar-refractivity contribution in [3.63, 3.8) is 0 Å². The van der Waals surface area contributed by atoms with Crippen LogP contribution in [0.25, 0.3) is 0 Å². The van der Waals surface area contributed by atoms with Gasteiger partial charge in [0.1, 0.15) is 18.1 Å². The van der Waals surface area contributed by atoms with Gasteiger partial charge in [0.15, 0.2) is 0 Å². The lowest BCUT2D eigenvalue weighted by atomic mass is 10.1. The number of likely N-dealkylation sites (tertiary alicyclic amines) is 1. The average Bonchev–Trinajstić information content (AvgIpc) is 3.18. The number of aliphatic carboxylic acids is 1. The van der Waals surface area contributed by atoms with Crippen LogP contribution >= 0.6 is 11.8 Å². The van der Waals surface area contributed by atoms with Crippen LogP contribution in [-0.2, 0) is 24.0 Å². The van der Waals surface area contributed by atoms with Crippen LogP contribution < -0.4 is 22.1 Å². The molecule has 4 atom stereocenters. The van der Waals surface area contributed by atoms with E-state index in [-0.39, 0.29) is 5.91 Å². The Hall–Kier alpha value is -2.38. The van der Waals surface area contributed by atoms with Gasteiger partial charge in [-0.2, -0.15) is 11.8 Å². The topological polar surface area (TPSA) is 205 Å². The molecule has 0 radical (unpaired) electrons. The zero-order chi connectivity index (χ0) is 22.8. The molecule has 0 aromatic heterocycles. The van der Waals surface area contributed by atoms with Crippen molar-refractivity contribution in [1.82, 2.24) is 15.5 Å². The molecule has 0 aromatic rings. The van der Waals surface area contributed by atoms with Gasteiger partial charge in [-0.15, -0.1) is 0 Å². The van der Waals surface area contributed by atoms with Crippen LogP contribution in [0.5, 0.6) is 0 Å². The van der Waals surface area contributed by atoms with Crippen molar-refractivity contribution in [3.05, 3.63) is 0 Å². The molecular formula is C17H29N5O7S. The normalized spacial score (nSPS) is 18.9. The van der Waals surface area contributed by atoms with Crippen molar-refractivity contribution in [1.29, 1.82) is 0 Å². The summed E-state index contributed by atoms with van der Waals surface area (Å²) < 4.78 is 0. The third-order valence-electron chi connectivity index (χ3n) is 4.62. The Morgan fingerprint density at radius 3 is 2.40 bits per heavy atom. The lowest BCUT2D eigenvalue weighted by Gasteiger charge is -2.28. The minimum Gasteiger partial charge on any atom is -0.480 e. The first-order valence-corrected chi connectivity index (χ1v) is 10.8. The highest BCUT2D eigenvalue weighted by Gasteiger charge is 2.38. The third kappa shape index (κ3) is 7.46. The van der Waals surface area contributed by atoms with Gasteiger partial charge in [-0.3, -0.25) is 19.2 Å². The predicted octanol–water partition coefficient (Wildman–Crippen LogP) is -3.02. The Morgan fingerprint density at radius 2 is 1.87 bits per heavy atom. The number of primary amides is 1. The van der Waals surface area contributed by atoms with E-state index in [1.54, 1.807) is 11.8 Å². The molecule has 1 rings (SSSR count). The fourth-order valence-corrected chi connectivity index (χ4v) is 3.51. The molecule has 30 heavy (non-hydrogen) atoms. The van der Waals surface area contributed by atoms with Crippen molar-refractivity contribution >= 4 is 41.4 Å². The minimum absolute atomic E-state index is 0.335. The fourth-order valence-electron chi connectivity index (χ4n) is 3.02. The molecule has 1 saturated heterocycles. The van der Waals surface area contributed by atoms with Gasteiger partial charge in [-0.1, -0.05) is 0 Å². The number of carbonyl (C=O) groups is 5. The van der Waals surface area contributed by atoms with Gasteiger partial charge in [0.2, 0.25) is 23.6 Å². The number of carbonyl (C=O) groups excluding carboxylic acids is 4. The maximum absolute atomic E-state index is 12.7. The number of thioether (sulfide) groups is 1. The van der Waals surface area contributed by atoms with Crippen LogP contribution in [0.15, 0.2) is 0 Å². The highest BCUT2D eigenvalue weighted by atomic mass is 32.2. The number of nitrogens with one attached hydrogen (secondary N) is 2. The smallest absolute Gasteiger partial charge is 0.328 e. The molecule has 0 bridgehead atoms. The van der Waals surface area contributed by atoms with Crippen molar-refractivity contribution in [2.75, 3.05) is 25.2 Å². The van der Waals surface area contributed by atoms with E-state index in [0.29, 0.717) is 31.6 Å². The Balaban J connectivity index is 2.86. The molecule has 0 saturated carbocycles. The minimum atomic E-state index is -1.61. The van der Waals surface area contributed by atoms with Crippen molar-refractivity contribution in [2.45, 2.75) is 49.9 Å². The van der Waals surface area contributed by atoms with Crippen LogP contribution in [0, 0.1) is 0 Å². The highest BCUT2D eigenvalue weighted by Crippen LogP contribution is 2.19. The number of aliphatic hydroxyl groups excluding tert-OH is 1. The van der Waals surface area contributed by atoms with Gasteiger partial charge in [0.25, 0.3) is 0 Å². The first kappa shape index (κ1) is 25.7. The molecule has 1 aliphatic rings. The number of carboxylic acids is 1. The van der Waals surface area contributed by atoms with Crippen molar-refractivity contribution < 1.29 is 34.2 Å². The Labute approximate surface area is 178 Å². The summed E-state index contributed by atoms with van der Waals surface area (Å²) in [6, 6.07) is -4.68. The highest BCUT2D eigenvalue weighted by molar-refractivity contribution is 7.98. The molecule has 170 valence electrons. The first-order chi connectivity index (χ1) is 14.1. The summed E-state index contributed by atoms with van der Waals surface area (Å²) in [6.45, 7) is -0.542. The molecule has 1 heterocycles. The second kappa shape index (κ2) is 12.3. The third-order valence-corrected chi connectivity index (χ3v) is 5.27. The van der Waals surface area contributed by atoms with E-state index in [9.17, 15) is 24.0 Å². The standard InChI is InChI=1S/C17H29N5O7S/c1-30-6-4-9(18)16(27)22-5-2-3-12(22)15(26)20-10(7-13(19)24)14(25)21-11(8-23)17(28)29/h9-12,23H,2-8,18H2,1H3,(H2,19,24)(H,20,26)(H,21,25)(H,28,29). The van der Waals surface area contributed by atoms with E-state index < -0.39 is 60.9 Å². The Kier molecular flexibility index (Phi) is 10.6. The lowest BCUT2D eigenvalue weighted by Crippen LogP contribution is -2.57. The fraction of sp³-hybridized carbons (Fsp3) is 0.706. The van der Waals surface area contributed by atoms with E-state index in [0.717, 1.165) is 0 Å². The number of nitrogens with zero attached hydrogens (tertiary/aromatic N) is 1. The Morgan fingerprint density at radius 1 is 1.20 bits per heavy atom. The zero-order valence-corrected chi connectivity index (χ0v) is 17.5. The molecule has 1 fully saturated rings. The van der Waals surface area contributed by atoms with Crippen LogP contribution in [0.2, 0.25) is 0 Å². The monoisotopic (exact) mass is 447 g/mol. The number of nitrogens with two attached hydrogens (primary N) is 2. The number of carboxylic acid groups (broad SMARTS) is 1.